The van der Waals surface area contributed by atoms with Crippen molar-refractivity contribution in [3.8, 4) is 17.2 Å². The zero-order valence-electron chi connectivity index (χ0n) is 10.2. The van der Waals surface area contributed by atoms with E-state index in [2.05, 4.69) is 15.3 Å². The van der Waals surface area contributed by atoms with Gasteiger partial charge in [0.2, 0.25) is 5.89 Å². The lowest BCUT2D eigenvalue weighted by Gasteiger charge is -2.06. The van der Waals surface area contributed by atoms with Crippen LogP contribution in [0.25, 0.3) is 22.7 Å². The third-order valence-corrected chi connectivity index (χ3v) is 2.76. The first-order valence-corrected chi connectivity index (χ1v) is 6.16. The molecule has 2 heterocycles. The first-order chi connectivity index (χ1) is 9.63. The summed E-state index contributed by atoms with van der Waals surface area (Å²) >= 11 is 4.78. The molecule has 0 spiro atoms. The van der Waals surface area contributed by atoms with Crippen molar-refractivity contribution in [1.29, 1.82) is 0 Å². The second kappa shape index (κ2) is 4.78. The van der Waals surface area contributed by atoms with Crippen LogP contribution in [0.2, 0.25) is 0 Å². The van der Waals surface area contributed by atoms with Crippen LogP contribution < -0.4 is 11.1 Å². The molecule has 20 heavy (non-hydrogen) atoms. The normalized spacial score (nSPS) is 10.6. The first-order valence-electron chi connectivity index (χ1n) is 5.75. The van der Waals surface area contributed by atoms with Gasteiger partial charge < -0.3 is 20.6 Å². The van der Waals surface area contributed by atoms with Crippen LogP contribution >= 0.6 is 12.2 Å². The number of pyridine rings is 1. The zero-order valence-corrected chi connectivity index (χ0v) is 11.0. The zero-order chi connectivity index (χ0) is 14.1. The van der Waals surface area contributed by atoms with Crippen LogP contribution in [0.4, 0.5) is 5.69 Å². The molecule has 0 atom stereocenters. The van der Waals surface area contributed by atoms with E-state index in [1.165, 1.54) is 6.07 Å². The third-order valence-electron chi connectivity index (χ3n) is 2.66. The SMILES string of the molecule is NC(=S)Nc1ccc(O)c(-c2nc3ncccc3o2)c1. The maximum Gasteiger partial charge on any atom is 0.232 e. The Morgan fingerprint density at radius 1 is 1.35 bits per heavy atom. The number of oxazole rings is 1. The minimum atomic E-state index is 0.0463. The molecule has 0 aliphatic carbocycles. The number of thiocarbonyl (C=S) groups is 1. The molecule has 0 amide bonds. The molecule has 3 rings (SSSR count). The highest BCUT2D eigenvalue weighted by atomic mass is 32.1. The quantitative estimate of drug-likeness (QED) is 0.491. The number of phenolic OH excluding ortho intramolecular Hbond substituents is 1. The standard InChI is InChI=1S/C13H10N4O2S/c14-13(20)16-7-3-4-9(18)8(6-7)12-17-11-10(19-12)2-1-5-15-11/h1-6,18H,(H3,14,16,20). The van der Waals surface area contributed by atoms with Gasteiger partial charge in [-0.2, -0.15) is 4.98 Å². The molecule has 1 aromatic carbocycles. The minimum Gasteiger partial charge on any atom is -0.507 e. The molecule has 0 aliphatic rings. The maximum atomic E-state index is 9.94. The number of benzene rings is 1. The summed E-state index contributed by atoms with van der Waals surface area (Å²) in [6.07, 6.45) is 1.62. The van der Waals surface area contributed by atoms with Crippen molar-refractivity contribution in [3.63, 3.8) is 0 Å². The largest absolute Gasteiger partial charge is 0.507 e. The Hall–Kier alpha value is -2.67. The Morgan fingerprint density at radius 2 is 2.20 bits per heavy atom. The van der Waals surface area contributed by atoms with E-state index in [1.807, 2.05) is 0 Å². The van der Waals surface area contributed by atoms with E-state index in [-0.39, 0.29) is 16.8 Å². The van der Waals surface area contributed by atoms with E-state index in [9.17, 15) is 5.11 Å². The molecule has 3 aromatic rings. The van der Waals surface area contributed by atoms with Gasteiger partial charge in [-0.05, 0) is 42.5 Å². The Labute approximate surface area is 119 Å². The average molecular weight is 286 g/mol. The number of phenols is 1. The number of nitrogens with two attached hydrogens (primary N) is 1. The molecule has 2 aromatic heterocycles. The van der Waals surface area contributed by atoms with Crippen molar-refractivity contribution < 1.29 is 9.52 Å². The van der Waals surface area contributed by atoms with Crippen LogP contribution in [-0.2, 0) is 0 Å². The highest BCUT2D eigenvalue weighted by molar-refractivity contribution is 7.80. The van der Waals surface area contributed by atoms with E-state index in [1.54, 1.807) is 30.5 Å². The van der Waals surface area contributed by atoms with Gasteiger partial charge in [-0.25, -0.2) is 4.98 Å². The lowest BCUT2D eigenvalue weighted by molar-refractivity contribution is 0.474. The third kappa shape index (κ3) is 2.26. The fourth-order valence-corrected chi connectivity index (χ4v) is 1.93. The van der Waals surface area contributed by atoms with Crippen molar-refractivity contribution in [2.45, 2.75) is 0 Å². The maximum absolute atomic E-state index is 9.94. The number of nitrogens with zero attached hydrogens (tertiary/aromatic N) is 2. The van der Waals surface area contributed by atoms with E-state index < -0.39 is 0 Å². The van der Waals surface area contributed by atoms with Crippen LogP contribution in [0.5, 0.6) is 5.75 Å². The molecule has 7 heteroatoms. The van der Waals surface area contributed by atoms with Gasteiger partial charge in [0.15, 0.2) is 16.3 Å². The fourth-order valence-electron chi connectivity index (χ4n) is 1.81. The summed E-state index contributed by atoms with van der Waals surface area (Å²) in [6, 6.07) is 8.32. The summed E-state index contributed by atoms with van der Waals surface area (Å²) in [5.74, 6) is 0.327. The average Bonchev–Trinajstić information content (AvgIpc) is 2.84. The smallest absolute Gasteiger partial charge is 0.232 e. The Balaban J connectivity index is 2.10. The second-order valence-corrected chi connectivity index (χ2v) is 4.51. The number of anilines is 1. The Bertz CT molecular complexity index is 767. The molecular formula is C13H10N4O2S. The van der Waals surface area contributed by atoms with Crippen LogP contribution in [0.15, 0.2) is 40.9 Å². The van der Waals surface area contributed by atoms with E-state index in [0.717, 1.165) is 0 Å². The summed E-state index contributed by atoms with van der Waals surface area (Å²) in [5, 5.41) is 12.9. The minimum absolute atomic E-state index is 0.0463. The van der Waals surface area contributed by atoms with Gasteiger partial charge in [-0.3, -0.25) is 0 Å². The molecule has 4 N–H and O–H groups in total. The molecule has 0 saturated heterocycles. The van der Waals surface area contributed by atoms with Gasteiger partial charge in [0.25, 0.3) is 0 Å². The summed E-state index contributed by atoms with van der Waals surface area (Å²) < 4.78 is 5.57. The molecule has 6 nitrogen and oxygen atoms in total. The number of aromatic nitrogens is 2. The number of fused-ring (bicyclic) bond motifs is 1. The topological polar surface area (TPSA) is 97.2 Å². The van der Waals surface area contributed by atoms with Gasteiger partial charge in [0, 0.05) is 11.9 Å². The molecule has 0 bridgehead atoms. The van der Waals surface area contributed by atoms with Crippen LogP contribution in [-0.4, -0.2) is 20.2 Å². The van der Waals surface area contributed by atoms with Crippen molar-refractivity contribution >= 4 is 34.2 Å². The highest BCUT2D eigenvalue weighted by Crippen LogP contribution is 2.32. The van der Waals surface area contributed by atoms with E-state index in [0.29, 0.717) is 22.5 Å². The molecule has 0 unspecified atom stereocenters. The summed E-state index contributed by atoms with van der Waals surface area (Å²) in [6.45, 7) is 0. The lowest BCUT2D eigenvalue weighted by Crippen LogP contribution is -2.18. The van der Waals surface area contributed by atoms with Crippen LogP contribution in [0.3, 0.4) is 0 Å². The number of rotatable bonds is 2. The number of hydrogen-bond donors (Lipinski definition) is 3. The molecule has 0 aliphatic heterocycles. The molecule has 0 radical (unpaired) electrons. The van der Waals surface area contributed by atoms with E-state index >= 15 is 0 Å². The first kappa shape index (κ1) is 12.4. The van der Waals surface area contributed by atoms with Crippen molar-refractivity contribution in [2.24, 2.45) is 5.73 Å². The summed E-state index contributed by atoms with van der Waals surface area (Å²) in [7, 11) is 0. The predicted octanol–water partition coefficient (Wildman–Crippen LogP) is 2.25. The van der Waals surface area contributed by atoms with Gasteiger partial charge >= 0.3 is 0 Å². The van der Waals surface area contributed by atoms with Crippen molar-refractivity contribution in [3.05, 3.63) is 36.5 Å². The number of aromatic hydroxyl groups is 1. The number of nitrogens with one attached hydrogen (secondary N) is 1. The van der Waals surface area contributed by atoms with Crippen molar-refractivity contribution in [2.75, 3.05) is 5.32 Å². The predicted molar refractivity (Wildman–Crippen MR) is 79.3 cm³/mol. The Kier molecular flexibility index (Phi) is 2.96. The van der Waals surface area contributed by atoms with Gasteiger partial charge in [0.05, 0.1) is 5.56 Å². The summed E-state index contributed by atoms with van der Waals surface area (Å²) in [5.41, 5.74) is 7.53. The summed E-state index contributed by atoms with van der Waals surface area (Å²) in [4.78, 5) is 8.32. The highest BCUT2D eigenvalue weighted by Gasteiger charge is 2.13. The Morgan fingerprint density at radius 3 is 2.95 bits per heavy atom. The lowest BCUT2D eigenvalue weighted by atomic mass is 10.2. The van der Waals surface area contributed by atoms with Crippen LogP contribution in [0, 0.1) is 0 Å². The van der Waals surface area contributed by atoms with Gasteiger partial charge in [-0.1, -0.05) is 0 Å². The molecule has 0 fully saturated rings. The fraction of sp³-hybridized carbons (Fsp3) is 0. The molecule has 100 valence electrons. The van der Waals surface area contributed by atoms with Crippen LogP contribution in [0.1, 0.15) is 0 Å². The van der Waals surface area contributed by atoms with Crippen molar-refractivity contribution in [1.82, 2.24) is 9.97 Å². The van der Waals surface area contributed by atoms with E-state index in [4.69, 9.17) is 22.4 Å². The van der Waals surface area contributed by atoms with Gasteiger partial charge in [-0.15, -0.1) is 0 Å². The molecule has 0 saturated carbocycles. The van der Waals surface area contributed by atoms with Gasteiger partial charge in [0.1, 0.15) is 5.75 Å². The monoisotopic (exact) mass is 286 g/mol. The number of hydrogen-bond acceptors (Lipinski definition) is 5. The molecular weight excluding hydrogens is 276 g/mol. The second-order valence-electron chi connectivity index (χ2n) is 4.07.